The Morgan fingerprint density at radius 3 is 2.65 bits per heavy atom. The van der Waals surface area contributed by atoms with E-state index in [1.165, 1.54) is 23.1 Å². The number of para-hydroxylation sites is 1. The molecule has 0 spiro atoms. The number of hydrogen-bond acceptors (Lipinski definition) is 5. The van der Waals surface area contributed by atoms with Gasteiger partial charge >= 0.3 is 0 Å². The molecule has 1 N–H and O–H groups in total. The maximum atomic E-state index is 12.1. The lowest BCUT2D eigenvalue weighted by molar-refractivity contribution is -0.113. The minimum absolute atomic E-state index is 0.176. The Bertz CT molecular complexity index is 1020. The molecule has 0 saturated carbocycles. The van der Waals surface area contributed by atoms with Gasteiger partial charge in [-0.2, -0.15) is 0 Å². The summed E-state index contributed by atoms with van der Waals surface area (Å²) in [7, 11) is 0. The van der Waals surface area contributed by atoms with Gasteiger partial charge in [0.1, 0.15) is 0 Å². The summed E-state index contributed by atoms with van der Waals surface area (Å²) < 4.78 is 2.82. The topological polar surface area (TPSA) is 46.9 Å². The molecular formula is C16H10Cl3N3OS3. The van der Waals surface area contributed by atoms with E-state index in [2.05, 4.69) is 10.4 Å². The first-order valence-electron chi connectivity index (χ1n) is 7.17. The van der Waals surface area contributed by atoms with Gasteiger partial charge in [0.05, 0.1) is 32.2 Å². The number of nitrogens with one attached hydrogen (secondary N) is 1. The number of aromatic nitrogens is 2. The number of rotatable bonds is 5. The van der Waals surface area contributed by atoms with Crippen molar-refractivity contribution in [2.24, 2.45) is 0 Å². The Morgan fingerprint density at radius 1 is 1.15 bits per heavy atom. The molecule has 0 unspecified atom stereocenters. The third-order valence-electron chi connectivity index (χ3n) is 3.15. The van der Waals surface area contributed by atoms with Gasteiger partial charge in [-0.25, -0.2) is 4.68 Å². The van der Waals surface area contributed by atoms with Crippen molar-refractivity contribution < 1.29 is 4.79 Å². The van der Waals surface area contributed by atoms with Crippen LogP contribution in [0.1, 0.15) is 0 Å². The first kappa shape index (κ1) is 19.7. The quantitative estimate of drug-likeness (QED) is 0.354. The molecule has 10 heteroatoms. The molecule has 0 bridgehead atoms. The zero-order chi connectivity index (χ0) is 18.7. The predicted molar refractivity (Wildman–Crippen MR) is 113 cm³/mol. The highest BCUT2D eigenvalue weighted by Crippen LogP contribution is 2.28. The van der Waals surface area contributed by atoms with E-state index in [9.17, 15) is 4.79 Å². The molecule has 26 heavy (non-hydrogen) atoms. The van der Waals surface area contributed by atoms with Crippen LogP contribution in [-0.4, -0.2) is 21.4 Å². The minimum Gasteiger partial charge on any atom is -0.324 e. The van der Waals surface area contributed by atoms with Crippen LogP contribution in [0.3, 0.4) is 0 Å². The second kappa shape index (κ2) is 8.73. The Labute approximate surface area is 178 Å². The molecule has 0 fully saturated rings. The Morgan fingerprint density at radius 2 is 1.92 bits per heavy atom. The maximum Gasteiger partial charge on any atom is 0.234 e. The summed E-state index contributed by atoms with van der Waals surface area (Å²) in [5.74, 6) is 0.0137. The molecule has 1 amide bonds. The molecule has 1 aromatic heterocycles. The second-order valence-corrected chi connectivity index (χ2v) is 9.03. The van der Waals surface area contributed by atoms with Crippen molar-refractivity contribution in [1.29, 1.82) is 0 Å². The molecule has 0 atom stereocenters. The van der Waals surface area contributed by atoms with Gasteiger partial charge in [-0.1, -0.05) is 70.0 Å². The normalized spacial score (nSPS) is 10.7. The minimum atomic E-state index is -0.176. The van der Waals surface area contributed by atoms with Crippen molar-refractivity contribution in [3.8, 4) is 5.69 Å². The second-order valence-electron chi connectivity index (χ2n) is 4.96. The van der Waals surface area contributed by atoms with E-state index < -0.39 is 0 Å². The Balaban J connectivity index is 1.68. The smallest absolute Gasteiger partial charge is 0.234 e. The number of thioether (sulfide) groups is 1. The van der Waals surface area contributed by atoms with Crippen molar-refractivity contribution >= 4 is 81.7 Å². The SMILES string of the molecule is O=C(CSc1nn(-c2ccc(Cl)c(Cl)c2)c(=S)s1)Nc1ccccc1Cl. The monoisotopic (exact) mass is 461 g/mol. The van der Waals surface area contributed by atoms with Gasteiger partial charge in [0.25, 0.3) is 0 Å². The van der Waals surface area contributed by atoms with Crippen LogP contribution in [-0.2, 0) is 4.79 Å². The van der Waals surface area contributed by atoms with E-state index in [-0.39, 0.29) is 11.7 Å². The van der Waals surface area contributed by atoms with E-state index >= 15 is 0 Å². The fraction of sp³-hybridized carbons (Fsp3) is 0.0625. The van der Waals surface area contributed by atoms with Gasteiger partial charge in [-0.3, -0.25) is 4.79 Å². The van der Waals surface area contributed by atoms with Gasteiger partial charge in [0, 0.05) is 0 Å². The maximum absolute atomic E-state index is 12.1. The number of nitrogens with zero attached hydrogens (tertiary/aromatic N) is 2. The highest BCUT2D eigenvalue weighted by molar-refractivity contribution is 8.01. The standard InChI is InChI=1S/C16H10Cl3N3OS3/c17-10-6-5-9(7-12(10)19)22-16(24)26-15(21-22)25-8-14(23)20-13-4-2-1-3-11(13)18/h1-7H,8H2,(H,20,23). The zero-order valence-corrected chi connectivity index (χ0v) is 17.6. The van der Waals surface area contributed by atoms with Gasteiger partial charge in [-0.05, 0) is 42.5 Å². The van der Waals surface area contributed by atoms with Crippen LogP contribution in [0.2, 0.25) is 15.1 Å². The van der Waals surface area contributed by atoms with Crippen LogP contribution < -0.4 is 5.32 Å². The van der Waals surface area contributed by atoms with Crippen molar-refractivity contribution in [1.82, 2.24) is 9.78 Å². The molecule has 2 aromatic carbocycles. The van der Waals surface area contributed by atoms with Crippen LogP contribution in [0.25, 0.3) is 5.69 Å². The van der Waals surface area contributed by atoms with E-state index in [1.54, 1.807) is 47.1 Å². The van der Waals surface area contributed by atoms with Crippen molar-refractivity contribution in [2.45, 2.75) is 4.34 Å². The fourth-order valence-electron chi connectivity index (χ4n) is 1.98. The number of amides is 1. The molecule has 0 aliphatic heterocycles. The molecule has 3 aromatic rings. The largest absolute Gasteiger partial charge is 0.324 e. The lowest BCUT2D eigenvalue weighted by Crippen LogP contribution is -2.14. The summed E-state index contributed by atoms with van der Waals surface area (Å²) in [4.78, 5) is 12.1. The van der Waals surface area contributed by atoms with Crippen molar-refractivity contribution in [3.63, 3.8) is 0 Å². The Hall–Kier alpha value is -1.09. The molecule has 4 nitrogen and oxygen atoms in total. The van der Waals surface area contributed by atoms with Crippen LogP contribution in [0.4, 0.5) is 5.69 Å². The fourth-order valence-corrected chi connectivity index (χ4v) is 4.61. The van der Waals surface area contributed by atoms with E-state index in [4.69, 9.17) is 47.0 Å². The first-order valence-corrected chi connectivity index (χ1v) is 10.5. The molecule has 3 rings (SSSR count). The lowest BCUT2D eigenvalue weighted by atomic mass is 10.3. The van der Waals surface area contributed by atoms with Crippen LogP contribution in [0.5, 0.6) is 0 Å². The third-order valence-corrected chi connectivity index (χ3v) is 6.59. The molecule has 0 saturated heterocycles. The number of carbonyl (C=O) groups is 1. The summed E-state index contributed by atoms with van der Waals surface area (Å²) in [5.41, 5.74) is 1.29. The molecule has 134 valence electrons. The zero-order valence-electron chi connectivity index (χ0n) is 12.9. The number of benzene rings is 2. The number of halogens is 3. The summed E-state index contributed by atoms with van der Waals surface area (Å²) in [5, 5.41) is 8.58. The summed E-state index contributed by atoms with van der Waals surface area (Å²) in [6, 6.07) is 12.2. The van der Waals surface area contributed by atoms with Crippen molar-refractivity contribution in [3.05, 3.63) is 61.5 Å². The van der Waals surface area contributed by atoms with Crippen LogP contribution in [0, 0.1) is 3.95 Å². The predicted octanol–water partition coefficient (Wildman–Crippen LogP) is 6.35. The molecule has 0 aliphatic carbocycles. The van der Waals surface area contributed by atoms with Crippen molar-refractivity contribution in [2.75, 3.05) is 11.1 Å². The highest BCUT2D eigenvalue weighted by Gasteiger charge is 2.11. The molecule has 1 heterocycles. The summed E-state index contributed by atoms with van der Waals surface area (Å²) in [6.07, 6.45) is 0. The van der Waals surface area contributed by atoms with Crippen LogP contribution >= 0.6 is 70.1 Å². The molecular weight excluding hydrogens is 453 g/mol. The molecule has 0 radical (unpaired) electrons. The van der Waals surface area contributed by atoms with Gasteiger partial charge in [0.2, 0.25) is 5.91 Å². The van der Waals surface area contributed by atoms with Crippen LogP contribution in [0.15, 0.2) is 46.8 Å². The average Bonchev–Trinajstić information content (AvgIpc) is 2.98. The average molecular weight is 463 g/mol. The third kappa shape index (κ3) is 4.79. The van der Waals surface area contributed by atoms with E-state index in [0.717, 1.165) is 0 Å². The summed E-state index contributed by atoms with van der Waals surface area (Å²) >= 11 is 26.0. The Kier molecular flexibility index (Phi) is 6.60. The van der Waals surface area contributed by atoms with E-state index in [1.807, 2.05) is 0 Å². The van der Waals surface area contributed by atoms with Gasteiger partial charge in [-0.15, -0.1) is 5.10 Å². The van der Waals surface area contributed by atoms with Gasteiger partial charge in [0.15, 0.2) is 8.29 Å². The highest BCUT2D eigenvalue weighted by atomic mass is 35.5. The first-order chi connectivity index (χ1) is 12.4. The lowest BCUT2D eigenvalue weighted by Gasteiger charge is -2.05. The molecule has 0 aliphatic rings. The number of hydrogen-bond donors (Lipinski definition) is 1. The van der Waals surface area contributed by atoms with Gasteiger partial charge < -0.3 is 5.32 Å². The van der Waals surface area contributed by atoms with E-state index in [0.29, 0.717) is 34.7 Å². The number of carbonyl (C=O) groups excluding carboxylic acids is 1. The number of anilines is 1. The summed E-state index contributed by atoms with van der Waals surface area (Å²) in [6.45, 7) is 0.